The van der Waals surface area contributed by atoms with Crippen molar-refractivity contribution < 1.29 is 4.79 Å². The van der Waals surface area contributed by atoms with Crippen LogP contribution in [0, 0.1) is 18.3 Å². The van der Waals surface area contributed by atoms with E-state index in [9.17, 15) is 4.79 Å². The Hall–Kier alpha value is -2.68. The third-order valence-electron chi connectivity index (χ3n) is 5.74. The molecule has 1 aliphatic carbocycles. The SMILES string of the molecule is C#CCCC1(CCNC(=O)C2CCCCC2c2nc3ccccc3[nH]2)N=N1. The van der Waals surface area contributed by atoms with Gasteiger partial charge in [-0.25, -0.2) is 4.98 Å². The normalized spacial score (nSPS) is 23.1. The number of aromatic nitrogens is 2. The van der Waals surface area contributed by atoms with Gasteiger partial charge in [-0.1, -0.05) is 25.0 Å². The molecular weight excluding hydrogens is 338 g/mol. The molecule has 1 amide bonds. The van der Waals surface area contributed by atoms with Crippen molar-refractivity contribution in [2.45, 2.75) is 56.5 Å². The lowest BCUT2D eigenvalue weighted by Gasteiger charge is -2.29. The summed E-state index contributed by atoms with van der Waals surface area (Å²) < 4.78 is 0. The van der Waals surface area contributed by atoms with Crippen LogP contribution in [0.5, 0.6) is 0 Å². The van der Waals surface area contributed by atoms with E-state index in [0.717, 1.165) is 55.4 Å². The molecule has 0 saturated heterocycles. The Morgan fingerprint density at radius 3 is 2.85 bits per heavy atom. The highest BCUT2D eigenvalue weighted by Crippen LogP contribution is 2.38. The number of aromatic amines is 1. The van der Waals surface area contributed by atoms with E-state index in [4.69, 9.17) is 11.4 Å². The van der Waals surface area contributed by atoms with E-state index in [2.05, 4.69) is 26.4 Å². The predicted molar refractivity (Wildman–Crippen MR) is 104 cm³/mol. The number of carbonyl (C=O) groups is 1. The fourth-order valence-corrected chi connectivity index (χ4v) is 4.11. The second-order valence-electron chi connectivity index (χ2n) is 7.56. The largest absolute Gasteiger partial charge is 0.356 e. The Labute approximate surface area is 159 Å². The van der Waals surface area contributed by atoms with Gasteiger partial charge in [-0.3, -0.25) is 4.79 Å². The number of terminal acetylenes is 1. The number of hydrogen-bond donors (Lipinski definition) is 2. The number of H-pyrrole nitrogens is 1. The summed E-state index contributed by atoms with van der Waals surface area (Å²) in [5.41, 5.74) is 1.65. The van der Waals surface area contributed by atoms with Crippen LogP contribution in [0.1, 0.15) is 56.7 Å². The molecule has 4 rings (SSSR count). The van der Waals surface area contributed by atoms with E-state index in [0.29, 0.717) is 13.0 Å². The highest BCUT2D eigenvalue weighted by molar-refractivity contribution is 5.80. The summed E-state index contributed by atoms with van der Waals surface area (Å²) in [4.78, 5) is 21.0. The molecule has 2 aliphatic rings. The number of fused-ring (bicyclic) bond motifs is 1. The fraction of sp³-hybridized carbons (Fsp3) is 0.524. The van der Waals surface area contributed by atoms with Crippen molar-refractivity contribution in [2.75, 3.05) is 6.54 Å². The summed E-state index contributed by atoms with van der Waals surface area (Å²) >= 11 is 0. The van der Waals surface area contributed by atoms with Crippen molar-refractivity contribution in [3.8, 4) is 12.3 Å². The van der Waals surface area contributed by atoms with E-state index in [1.54, 1.807) is 0 Å². The Balaban J connectivity index is 1.38. The molecule has 2 heterocycles. The first kappa shape index (κ1) is 17.7. The van der Waals surface area contributed by atoms with Crippen LogP contribution in [0.3, 0.4) is 0 Å². The number of nitrogens with zero attached hydrogens (tertiary/aromatic N) is 3. The molecule has 0 bridgehead atoms. The molecule has 1 aliphatic heterocycles. The van der Waals surface area contributed by atoms with Gasteiger partial charge >= 0.3 is 0 Å². The molecule has 27 heavy (non-hydrogen) atoms. The molecule has 6 nitrogen and oxygen atoms in total. The van der Waals surface area contributed by atoms with Gasteiger partial charge in [0.1, 0.15) is 5.82 Å². The first-order valence-electron chi connectivity index (χ1n) is 9.81. The molecule has 0 spiro atoms. The average molecular weight is 363 g/mol. The maximum absolute atomic E-state index is 12.9. The van der Waals surface area contributed by atoms with Crippen LogP contribution >= 0.6 is 0 Å². The zero-order chi connectivity index (χ0) is 18.7. The van der Waals surface area contributed by atoms with Crippen molar-refractivity contribution in [1.82, 2.24) is 15.3 Å². The van der Waals surface area contributed by atoms with E-state index in [1.165, 1.54) is 0 Å². The minimum Gasteiger partial charge on any atom is -0.356 e. The van der Waals surface area contributed by atoms with E-state index in [1.807, 2.05) is 24.3 Å². The highest BCUT2D eigenvalue weighted by atomic mass is 16.1. The summed E-state index contributed by atoms with van der Waals surface area (Å²) in [5, 5.41) is 11.4. The minimum absolute atomic E-state index is 0.0333. The van der Waals surface area contributed by atoms with Crippen LogP contribution in [-0.2, 0) is 4.79 Å². The molecule has 1 aromatic heterocycles. The monoisotopic (exact) mass is 363 g/mol. The lowest BCUT2D eigenvalue weighted by Crippen LogP contribution is -2.37. The van der Waals surface area contributed by atoms with Crippen LogP contribution in [-0.4, -0.2) is 28.1 Å². The molecule has 2 unspecified atom stereocenters. The minimum atomic E-state index is -0.343. The number of benzene rings is 1. The molecule has 6 heteroatoms. The molecule has 2 aromatic rings. The van der Waals surface area contributed by atoms with Gasteiger partial charge in [-0.2, -0.15) is 10.2 Å². The van der Waals surface area contributed by atoms with Crippen LogP contribution < -0.4 is 5.32 Å². The number of rotatable bonds is 7. The number of hydrogen-bond acceptors (Lipinski definition) is 4. The summed E-state index contributed by atoms with van der Waals surface area (Å²) in [6.45, 7) is 0.583. The standard InChI is InChI=1S/C21H25N5O/c1-2-3-12-21(25-26-21)13-14-22-20(27)16-9-5-4-8-15(16)19-23-17-10-6-7-11-18(17)24-19/h1,6-7,10-11,15-16H,3-5,8-9,12-14H2,(H,22,27)(H,23,24). The Morgan fingerprint density at radius 2 is 2.07 bits per heavy atom. The van der Waals surface area contributed by atoms with E-state index >= 15 is 0 Å². The Morgan fingerprint density at radius 1 is 1.26 bits per heavy atom. The topological polar surface area (TPSA) is 82.5 Å². The number of amides is 1. The van der Waals surface area contributed by atoms with E-state index < -0.39 is 0 Å². The van der Waals surface area contributed by atoms with Gasteiger partial charge in [0.15, 0.2) is 5.66 Å². The number of nitrogens with one attached hydrogen (secondary N) is 2. The van der Waals surface area contributed by atoms with Gasteiger partial charge in [0.05, 0.1) is 11.0 Å². The summed E-state index contributed by atoms with van der Waals surface area (Å²) in [7, 11) is 0. The van der Waals surface area contributed by atoms with Gasteiger partial charge < -0.3 is 10.3 Å². The average Bonchev–Trinajstić information content (AvgIpc) is 3.33. The van der Waals surface area contributed by atoms with Crippen molar-refractivity contribution >= 4 is 16.9 Å². The first-order chi connectivity index (χ1) is 13.2. The smallest absolute Gasteiger partial charge is 0.223 e. The van der Waals surface area contributed by atoms with E-state index in [-0.39, 0.29) is 23.4 Å². The fourth-order valence-electron chi connectivity index (χ4n) is 4.11. The third kappa shape index (κ3) is 3.87. The molecule has 2 N–H and O–H groups in total. The quantitative estimate of drug-likeness (QED) is 0.731. The van der Waals surface area contributed by atoms with Gasteiger partial charge in [-0.05, 0) is 25.0 Å². The lowest BCUT2D eigenvalue weighted by atomic mass is 9.78. The molecule has 1 fully saturated rings. The highest BCUT2D eigenvalue weighted by Gasteiger charge is 2.39. The third-order valence-corrected chi connectivity index (χ3v) is 5.74. The van der Waals surface area contributed by atoms with Crippen molar-refractivity contribution in [2.24, 2.45) is 16.1 Å². The van der Waals surface area contributed by atoms with Crippen molar-refractivity contribution in [1.29, 1.82) is 0 Å². The zero-order valence-electron chi connectivity index (χ0n) is 15.4. The van der Waals surface area contributed by atoms with Crippen LogP contribution in [0.15, 0.2) is 34.5 Å². The molecule has 1 saturated carbocycles. The maximum Gasteiger partial charge on any atom is 0.223 e. The van der Waals surface area contributed by atoms with Gasteiger partial charge in [0.2, 0.25) is 5.91 Å². The predicted octanol–water partition coefficient (Wildman–Crippen LogP) is 3.92. The number of carbonyl (C=O) groups excluding carboxylic acids is 1. The second-order valence-corrected chi connectivity index (χ2v) is 7.56. The number of para-hydroxylation sites is 2. The maximum atomic E-state index is 12.9. The molecule has 2 atom stereocenters. The van der Waals surface area contributed by atoms with Gasteiger partial charge in [0, 0.05) is 37.6 Å². The first-order valence-corrected chi connectivity index (χ1v) is 9.81. The van der Waals surface area contributed by atoms with Crippen molar-refractivity contribution in [3.05, 3.63) is 30.1 Å². The summed E-state index contributed by atoms with van der Waals surface area (Å²) in [6.07, 6.45) is 11.6. The Bertz CT molecular complexity index is 854. The van der Waals surface area contributed by atoms with Crippen molar-refractivity contribution in [3.63, 3.8) is 0 Å². The molecule has 0 radical (unpaired) electrons. The van der Waals surface area contributed by atoms with Crippen LogP contribution in [0.4, 0.5) is 0 Å². The summed E-state index contributed by atoms with van der Waals surface area (Å²) in [6, 6.07) is 8.02. The zero-order valence-corrected chi connectivity index (χ0v) is 15.4. The molecule has 140 valence electrons. The van der Waals surface area contributed by atoms with Gasteiger partial charge in [-0.15, -0.1) is 12.3 Å². The molecule has 1 aromatic carbocycles. The summed E-state index contributed by atoms with van der Waals surface area (Å²) in [5.74, 6) is 3.81. The van der Waals surface area contributed by atoms with Crippen LogP contribution in [0.25, 0.3) is 11.0 Å². The van der Waals surface area contributed by atoms with Gasteiger partial charge in [0.25, 0.3) is 0 Å². The Kier molecular flexibility index (Phi) is 4.93. The second kappa shape index (κ2) is 7.51. The lowest BCUT2D eigenvalue weighted by molar-refractivity contribution is -0.126. The molecular formula is C21H25N5O. The van der Waals surface area contributed by atoms with Crippen LogP contribution in [0.2, 0.25) is 0 Å². The number of imidazole rings is 1.